The van der Waals surface area contributed by atoms with Crippen molar-refractivity contribution in [2.75, 3.05) is 5.32 Å². The highest BCUT2D eigenvalue weighted by atomic mass is 32.2. The largest absolute Gasteiger partial charge is 0.381 e. The summed E-state index contributed by atoms with van der Waals surface area (Å²) in [6.07, 6.45) is 1.84. The number of aromatic nitrogens is 1. The SMILES string of the molecule is Cn1cc(CNc2cccc(S(N)(=O)=O)c2)cc1C#N. The van der Waals surface area contributed by atoms with Gasteiger partial charge in [0.05, 0.1) is 4.90 Å². The Labute approximate surface area is 117 Å². The minimum atomic E-state index is -3.70. The summed E-state index contributed by atoms with van der Waals surface area (Å²) < 4.78 is 24.2. The van der Waals surface area contributed by atoms with E-state index in [2.05, 4.69) is 11.4 Å². The quantitative estimate of drug-likeness (QED) is 0.882. The topological polar surface area (TPSA) is 101 Å². The van der Waals surface area contributed by atoms with Gasteiger partial charge < -0.3 is 9.88 Å². The number of benzene rings is 1. The van der Waals surface area contributed by atoms with Crippen LogP contribution in [0.5, 0.6) is 0 Å². The Morgan fingerprint density at radius 1 is 1.40 bits per heavy atom. The summed E-state index contributed by atoms with van der Waals surface area (Å²) >= 11 is 0. The van der Waals surface area contributed by atoms with Crippen molar-refractivity contribution in [2.45, 2.75) is 11.4 Å². The van der Waals surface area contributed by atoms with E-state index >= 15 is 0 Å². The van der Waals surface area contributed by atoms with Crippen molar-refractivity contribution in [1.29, 1.82) is 5.26 Å². The monoisotopic (exact) mass is 290 g/mol. The van der Waals surface area contributed by atoms with E-state index in [1.165, 1.54) is 12.1 Å². The third kappa shape index (κ3) is 3.17. The van der Waals surface area contributed by atoms with Crippen molar-refractivity contribution in [1.82, 2.24) is 4.57 Å². The lowest BCUT2D eigenvalue weighted by Gasteiger charge is -2.06. The minimum Gasteiger partial charge on any atom is -0.381 e. The van der Waals surface area contributed by atoms with Gasteiger partial charge in [-0.2, -0.15) is 5.26 Å². The van der Waals surface area contributed by atoms with Crippen LogP contribution in [0.4, 0.5) is 5.69 Å². The van der Waals surface area contributed by atoms with Gasteiger partial charge in [0.25, 0.3) is 0 Å². The fourth-order valence-electron chi connectivity index (χ4n) is 1.83. The summed E-state index contributed by atoms with van der Waals surface area (Å²) in [4.78, 5) is 0.0632. The molecule has 3 N–H and O–H groups in total. The van der Waals surface area contributed by atoms with Crippen molar-refractivity contribution in [3.63, 3.8) is 0 Å². The third-order valence-electron chi connectivity index (χ3n) is 2.84. The third-order valence-corrected chi connectivity index (χ3v) is 3.75. The van der Waals surface area contributed by atoms with E-state index in [0.29, 0.717) is 17.9 Å². The second kappa shape index (κ2) is 5.36. The highest BCUT2D eigenvalue weighted by Crippen LogP contribution is 2.15. The predicted molar refractivity (Wildman–Crippen MR) is 75.3 cm³/mol. The van der Waals surface area contributed by atoms with E-state index in [9.17, 15) is 8.42 Å². The van der Waals surface area contributed by atoms with Gasteiger partial charge in [0.15, 0.2) is 0 Å². The van der Waals surface area contributed by atoms with Gasteiger partial charge >= 0.3 is 0 Å². The Kier molecular flexibility index (Phi) is 3.79. The van der Waals surface area contributed by atoms with Crippen LogP contribution in [0.1, 0.15) is 11.3 Å². The number of nitrogens with one attached hydrogen (secondary N) is 1. The normalized spacial score (nSPS) is 11.1. The Bertz CT molecular complexity index is 772. The molecule has 0 unspecified atom stereocenters. The number of hydrogen-bond donors (Lipinski definition) is 2. The van der Waals surface area contributed by atoms with Crippen LogP contribution in [0, 0.1) is 11.3 Å². The molecule has 1 aromatic carbocycles. The van der Waals surface area contributed by atoms with E-state index in [0.717, 1.165) is 5.56 Å². The molecule has 2 aromatic rings. The molecule has 0 bridgehead atoms. The van der Waals surface area contributed by atoms with Crippen molar-refractivity contribution in [2.24, 2.45) is 12.2 Å². The molecule has 0 aliphatic carbocycles. The first-order valence-electron chi connectivity index (χ1n) is 5.82. The highest BCUT2D eigenvalue weighted by molar-refractivity contribution is 7.89. The average molecular weight is 290 g/mol. The zero-order valence-electron chi connectivity index (χ0n) is 10.9. The molecule has 7 heteroatoms. The predicted octanol–water partition coefficient (Wildman–Crippen LogP) is 1.16. The summed E-state index contributed by atoms with van der Waals surface area (Å²) in [5.41, 5.74) is 2.16. The molecule has 0 aliphatic rings. The zero-order chi connectivity index (χ0) is 14.8. The second-order valence-electron chi connectivity index (χ2n) is 4.38. The first-order chi connectivity index (χ1) is 9.40. The number of aryl methyl sites for hydroxylation is 1. The van der Waals surface area contributed by atoms with Crippen LogP contribution >= 0.6 is 0 Å². The van der Waals surface area contributed by atoms with Crippen molar-refractivity contribution in [3.8, 4) is 6.07 Å². The van der Waals surface area contributed by atoms with E-state index in [1.807, 2.05) is 6.20 Å². The molecule has 0 aliphatic heterocycles. The van der Waals surface area contributed by atoms with Crippen LogP contribution in [-0.2, 0) is 23.6 Å². The molecular weight excluding hydrogens is 276 g/mol. The maximum atomic E-state index is 11.3. The lowest BCUT2D eigenvalue weighted by Crippen LogP contribution is -2.12. The fourth-order valence-corrected chi connectivity index (χ4v) is 2.39. The van der Waals surface area contributed by atoms with E-state index in [-0.39, 0.29) is 4.90 Å². The summed E-state index contributed by atoms with van der Waals surface area (Å²) in [6, 6.07) is 10.1. The Hall–Kier alpha value is -2.30. The number of sulfonamides is 1. The number of nitrogens with two attached hydrogens (primary N) is 1. The molecule has 2 rings (SSSR count). The fraction of sp³-hybridized carbons (Fsp3) is 0.154. The smallest absolute Gasteiger partial charge is 0.238 e. The first kappa shape index (κ1) is 14.1. The van der Waals surface area contributed by atoms with Crippen LogP contribution in [0.3, 0.4) is 0 Å². The second-order valence-corrected chi connectivity index (χ2v) is 5.94. The molecule has 0 saturated heterocycles. The summed E-state index contributed by atoms with van der Waals surface area (Å²) in [5, 5.41) is 17.0. The molecular formula is C13H14N4O2S. The van der Waals surface area contributed by atoms with Gasteiger partial charge in [-0.15, -0.1) is 0 Å². The molecule has 104 valence electrons. The minimum absolute atomic E-state index is 0.0632. The maximum Gasteiger partial charge on any atom is 0.238 e. The van der Waals surface area contributed by atoms with Gasteiger partial charge in [-0.05, 0) is 29.8 Å². The molecule has 20 heavy (non-hydrogen) atoms. The van der Waals surface area contributed by atoms with Crippen LogP contribution < -0.4 is 10.5 Å². The number of nitriles is 1. The van der Waals surface area contributed by atoms with Gasteiger partial charge in [0.1, 0.15) is 11.8 Å². The van der Waals surface area contributed by atoms with Crippen molar-refractivity contribution in [3.05, 3.63) is 47.8 Å². The Balaban J connectivity index is 2.13. The maximum absolute atomic E-state index is 11.3. The van der Waals surface area contributed by atoms with Gasteiger partial charge in [0, 0.05) is 25.5 Å². The molecule has 6 nitrogen and oxygen atoms in total. The van der Waals surface area contributed by atoms with Gasteiger partial charge in [0.2, 0.25) is 10.0 Å². The molecule has 0 spiro atoms. The zero-order valence-corrected chi connectivity index (χ0v) is 11.7. The summed E-state index contributed by atoms with van der Waals surface area (Å²) in [7, 11) is -1.91. The molecule has 0 atom stereocenters. The van der Waals surface area contributed by atoms with Crippen LogP contribution in [0.15, 0.2) is 41.4 Å². The number of nitrogens with zero attached hydrogens (tertiary/aromatic N) is 2. The van der Waals surface area contributed by atoms with E-state index in [1.54, 1.807) is 29.8 Å². The molecule has 0 saturated carbocycles. The Morgan fingerprint density at radius 2 is 2.15 bits per heavy atom. The Morgan fingerprint density at radius 3 is 2.75 bits per heavy atom. The van der Waals surface area contributed by atoms with Crippen molar-refractivity contribution < 1.29 is 8.42 Å². The summed E-state index contributed by atoms with van der Waals surface area (Å²) in [6.45, 7) is 0.490. The molecule has 1 aromatic heterocycles. The lowest BCUT2D eigenvalue weighted by molar-refractivity contribution is 0.598. The first-order valence-corrected chi connectivity index (χ1v) is 7.37. The number of primary sulfonamides is 1. The van der Waals surface area contributed by atoms with Gasteiger partial charge in [-0.25, -0.2) is 13.6 Å². The van der Waals surface area contributed by atoms with Crippen LogP contribution in [0.2, 0.25) is 0 Å². The van der Waals surface area contributed by atoms with Gasteiger partial charge in [-0.3, -0.25) is 0 Å². The summed E-state index contributed by atoms with van der Waals surface area (Å²) in [5.74, 6) is 0. The van der Waals surface area contributed by atoms with Crippen LogP contribution in [-0.4, -0.2) is 13.0 Å². The van der Waals surface area contributed by atoms with E-state index in [4.69, 9.17) is 10.4 Å². The molecule has 1 heterocycles. The van der Waals surface area contributed by atoms with Crippen LogP contribution in [0.25, 0.3) is 0 Å². The number of anilines is 1. The molecule has 0 radical (unpaired) electrons. The van der Waals surface area contributed by atoms with Crippen molar-refractivity contribution >= 4 is 15.7 Å². The molecule has 0 amide bonds. The standard InChI is InChI=1S/C13H14N4O2S/c1-17-9-10(5-12(17)7-14)8-16-11-3-2-4-13(6-11)20(15,18)19/h2-6,9,16H,8H2,1H3,(H2,15,18,19). The van der Waals surface area contributed by atoms with E-state index < -0.39 is 10.0 Å². The van der Waals surface area contributed by atoms with Gasteiger partial charge in [-0.1, -0.05) is 6.07 Å². The average Bonchev–Trinajstić information content (AvgIpc) is 2.76. The lowest BCUT2D eigenvalue weighted by atomic mass is 10.3. The highest BCUT2D eigenvalue weighted by Gasteiger charge is 2.08. The number of rotatable bonds is 4. The number of hydrogen-bond acceptors (Lipinski definition) is 4. The molecule has 0 fully saturated rings.